The Morgan fingerprint density at radius 2 is 2.12 bits per heavy atom. The molecule has 1 aromatic carbocycles. The number of nitrogens with two attached hydrogens (primary N) is 1. The zero-order valence-electron chi connectivity index (χ0n) is 13.7. The molecule has 3 aromatic heterocycles. The van der Waals surface area contributed by atoms with Crippen LogP contribution in [0.2, 0.25) is 5.02 Å². The van der Waals surface area contributed by atoms with E-state index < -0.39 is 0 Å². The molecule has 4 aromatic rings. The summed E-state index contributed by atoms with van der Waals surface area (Å²) in [5.74, 6) is 1.19. The van der Waals surface area contributed by atoms with Crippen LogP contribution in [-0.4, -0.2) is 39.5 Å². The summed E-state index contributed by atoms with van der Waals surface area (Å²) in [6.07, 6.45) is 6.99. The van der Waals surface area contributed by atoms with Crippen molar-refractivity contribution < 1.29 is 0 Å². The fourth-order valence-corrected chi connectivity index (χ4v) is 2.88. The highest BCUT2D eigenvalue weighted by molar-refractivity contribution is 6.32. The van der Waals surface area contributed by atoms with Gasteiger partial charge in [0.05, 0.1) is 23.1 Å². The number of H-pyrrole nitrogens is 1. The Labute approximate surface area is 153 Å². The maximum absolute atomic E-state index is 6.41. The van der Waals surface area contributed by atoms with E-state index in [0.29, 0.717) is 29.6 Å². The average Bonchev–Trinajstić information content (AvgIpc) is 3.37. The number of halogens is 1. The molecule has 26 heavy (non-hydrogen) atoms. The van der Waals surface area contributed by atoms with Crippen molar-refractivity contribution >= 4 is 11.6 Å². The first kappa shape index (κ1) is 16.4. The summed E-state index contributed by atoms with van der Waals surface area (Å²) in [6.45, 7) is 0.390. The first-order valence-corrected chi connectivity index (χ1v) is 8.34. The molecule has 10 heteroatoms. The van der Waals surface area contributed by atoms with Crippen molar-refractivity contribution in [3.63, 3.8) is 0 Å². The second kappa shape index (κ2) is 7.06. The van der Waals surface area contributed by atoms with Crippen molar-refractivity contribution in [2.24, 2.45) is 5.73 Å². The highest BCUT2D eigenvalue weighted by Crippen LogP contribution is 2.23. The molecule has 0 saturated carbocycles. The fraction of sp³-hybridized carbons (Fsp3) is 0.188. The normalized spacial score (nSPS) is 12.4. The maximum Gasteiger partial charge on any atom is 0.172 e. The minimum absolute atomic E-state index is 0.385. The number of hydrogen-bond acceptors (Lipinski definition) is 6. The van der Waals surface area contributed by atoms with E-state index >= 15 is 0 Å². The first-order valence-electron chi connectivity index (χ1n) is 7.96. The van der Waals surface area contributed by atoms with Gasteiger partial charge in [-0.15, -0.1) is 5.10 Å². The SMILES string of the molecule is N[C@@H](Cc1cnc[nH]1)c1nc(Cn2cncn2)nn1-c1ccccc1Cl. The van der Waals surface area contributed by atoms with Crippen LogP contribution in [0.25, 0.3) is 5.69 Å². The third-order valence-electron chi connectivity index (χ3n) is 3.85. The van der Waals surface area contributed by atoms with Crippen LogP contribution in [0.4, 0.5) is 0 Å². The monoisotopic (exact) mass is 369 g/mol. The van der Waals surface area contributed by atoms with E-state index in [4.69, 9.17) is 17.3 Å². The first-order chi connectivity index (χ1) is 12.7. The molecule has 0 bridgehead atoms. The minimum atomic E-state index is -0.385. The van der Waals surface area contributed by atoms with Gasteiger partial charge in [0.2, 0.25) is 0 Å². The summed E-state index contributed by atoms with van der Waals surface area (Å²) in [6, 6.07) is 7.06. The number of hydrogen-bond donors (Lipinski definition) is 2. The van der Waals surface area contributed by atoms with Gasteiger partial charge in [0.25, 0.3) is 0 Å². The molecule has 0 aliphatic carbocycles. The quantitative estimate of drug-likeness (QED) is 0.532. The zero-order chi connectivity index (χ0) is 17.9. The Bertz CT molecular complexity index is 975. The predicted octanol–water partition coefficient (Wildman–Crippen LogP) is 1.53. The summed E-state index contributed by atoms with van der Waals surface area (Å²) in [4.78, 5) is 15.6. The van der Waals surface area contributed by atoms with Crippen LogP contribution in [0.1, 0.15) is 23.4 Å². The summed E-state index contributed by atoms with van der Waals surface area (Å²) < 4.78 is 3.34. The molecule has 0 fully saturated rings. The lowest BCUT2D eigenvalue weighted by Crippen LogP contribution is -2.19. The number of nitrogens with zero attached hydrogens (tertiary/aromatic N) is 7. The number of para-hydroxylation sites is 1. The number of nitrogens with one attached hydrogen (secondary N) is 1. The molecule has 0 spiro atoms. The van der Waals surface area contributed by atoms with Crippen molar-refractivity contribution in [3.8, 4) is 5.69 Å². The van der Waals surface area contributed by atoms with Crippen molar-refractivity contribution in [3.05, 3.63) is 71.8 Å². The maximum atomic E-state index is 6.41. The van der Waals surface area contributed by atoms with Crippen LogP contribution in [0.3, 0.4) is 0 Å². The van der Waals surface area contributed by atoms with Crippen molar-refractivity contribution in [1.29, 1.82) is 0 Å². The Kier molecular flexibility index (Phi) is 4.46. The van der Waals surface area contributed by atoms with Crippen molar-refractivity contribution in [2.75, 3.05) is 0 Å². The Balaban J connectivity index is 1.72. The van der Waals surface area contributed by atoms with Gasteiger partial charge in [-0.25, -0.2) is 24.3 Å². The van der Waals surface area contributed by atoms with Gasteiger partial charge in [-0.3, -0.25) is 0 Å². The predicted molar refractivity (Wildman–Crippen MR) is 94.7 cm³/mol. The number of aromatic nitrogens is 8. The van der Waals surface area contributed by atoms with Gasteiger partial charge in [-0.05, 0) is 12.1 Å². The van der Waals surface area contributed by atoms with Gasteiger partial charge >= 0.3 is 0 Å². The summed E-state index contributed by atoms with van der Waals surface area (Å²) in [5.41, 5.74) is 8.06. The van der Waals surface area contributed by atoms with Crippen LogP contribution in [0.15, 0.2) is 49.4 Å². The molecule has 4 rings (SSSR count). The lowest BCUT2D eigenvalue weighted by molar-refractivity contribution is 0.629. The zero-order valence-corrected chi connectivity index (χ0v) is 14.5. The molecule has 0 radical (unpaired) electrons. The minimum Gasteiger partial charge on any atom is -0.348 e. The third kappa shape index (κ3) is 3.35. The van der Waals surface area contributed by atoms with Gasteiger partial charge in [0.1, 0.15) is 25.0 Å². The third-order valence-corrected chi connectivity index (χ3v) is 4.17. The Morgan fingerprint density at radius 3 is 2.85 bits per heavy atom. The average molecular weight is 370 g/mol. The molecule has 0 aliphatic rings. The van der Waals surface area contributed by atoms with E-state index in [2.05, 4.69) is 30.1 Å². The number of rotatable bonds is 6. The smallest absolute Gasteiger partial charge is 0.172 e. The molecule has 0 saturated heterocycles. The van der Waals surface area contributed by atoms with Gasteiger partial charge in [-0.2, -0.15) is 5.10 Å². The van der Waals surface area contributed by atoms with E-state index in [1.54, 1.807) is 34.3 Å². The second-order valence-electron chi connectivity index (χ2n) is 5.73. The van der Waals surface area contributed by atoms with E-state index in [0.717, 1.165) is 11.4 Å². The highest BCUT2D eigenvalue weighted by atomic mass is 35.5. The van der Waals surface area contributed by atoms with Gasteiger partial charge in [-0.1, -0.05) is 23.7 Å². The highest BCUT2D eigenvalue weighted by Gasteiger charge is 2.20. The molecule has 0 amide bonds. The van der Waals surface area contributed by atoms with Gasteiger partial charge < -0.3 is 10.7 Å². The topological polar surface area (TPSA) is 116 Å². The molecule has 9 nitrogen and oxygen atoms in total. The van der Waals surface area contributed by atoms with Crippen LogP contribution >= 0.6 is 11.6 Å². The standard InChI is InChI=1S/C16H16ClN9/c17-12-3-1-2-4-14(12)26-16(13(18)5-11-6-19-8-21-11)23-15(24-26)7-25-10-20-9-22-25/h1-4,6,8-10,13H,5,7,18H2,(H,19,21)/t13-/m0/s1. The summed E-state index contributed by atoms with van der Waals surface area (Å²) in [7, 11) is 0. The van der Waals surface area contributed by atoms with E-state index in [1.165, 1.54) is 6.33 Å². The van der Waals surface area contributed by atoms with Crippen LogP contribution < -0.4 is 5.73 Å². The lowest BCUT2D eigenvalue weighted by Gasteiger charge is -2.12. The summed E-state index contributed by atoms with van der Waals surface area (Å²) in [5, 5.41) is 9.25. The summed E-state index contributed by atoms with van der Waals surface area (Å²) >= 11 is 6.36. The molecule has 1 atom stereocenters. The molecule has 3 N–H and O–H groups in total. The van der Waals surface area contributed by atoms with Crippen molar-refractivity contribution in [2.45, 2.75) is 19.0 Å². The molecule has 132 valence electrons. The van der Waals surface area contributed by atoms with Crippen LogP contribution in [-0.2, 0) is 13.0 Å². The van der Waals surface area contributed by atoms with E-state index in [-0.39, 0.29) is 6.04 Å². The Morgan fingerprint density at radius 1 is 1.23 bits per heavy atom. The van der Waals surface area contributed by atoms with E-state index in [9.17, 15) is 0 Å². The lowest BCUT2D eigenvalue weighted by atomic mass is 10.1. The largest absolute Gasteiger partial charge is 0.348 e. The molecular formula is C16H16ClN9. The second-order valence-corrected chi connectivity index (χ2v) is 6.14. The molecule has 0 unspecified atom stereocenters. The van der Waals surface area contributed by atoms with Crippen LogP contribution in [0.5, 0.6) is 0 Å². The fourth-order valence-electron chi connectivity index (χ4n) is 2.66. The van der Waals surface area contributed by atoms with Crippen LogP contribution in [0, 0.1) is 0 Å². The molecular weight excluding hydrogens is 354 g/mol. The molecule has 3 heterocycles. The number of benzene rings is 1. The Hall–Kier alpha value is -3.04. The van der Waals surface area contributed by atoms with Crippen molar-refractivity contribution in [1.82, 2.24) is 39.5 Å². The molecule has 0 aliphatic heterocycles. The number of aromatic amines is 1. The van der Waals surface area contributed by atoms with E-state index in [1.807, 2.05) is 18.2 Å². The van der Waals surface area contributed by atoms with Gasteiger partial charge in [0, 0.05) is 18.3 Å². The van der Waals surface area contributed by atoms with Gasteiger partial charge in [0.15, 0.2) is 5.82 Å². The number of imidazole rings is 1.